The van der Waals surface area contributed by atoms with E-state index in [0.29, 0.717) is 22.1 Å². The van der Waals surface area contributed by atoms with E-state index >= 15 is 0 Å². The van der Waals surface area contributed by atoms with Gasteiger partial charge in [0.1, 0.15) is 6.10 Å². The zero-order valence-corrected chi connectivity index (χ0v) is 12.3. The normalized spacial score (nSPS) is 11.5. The fourth-order valence-electron chi connectivity index (χ4n) is 1.96. The van der Waals surface area contributed by atoms with E-state index in [1.165, 1.54) is 7.11 Å². The second kappa shape index (κ2) is 6.98. The number of nitrogens with zero attached hydrogens (tertiary/aromatic N) is 1. The van der Waals surface area contributed by atoms with Crippen molar-refractivity contribution in [2.24, 2.45) is 5.73 Å². The van der Waals surface area contributed by atoms with E-state index in [2.05, 4.69) is 6.07 Å². The number of hydrogen-bond donors (Lipinski definition) is 1. The molecule has 0 aliphatic carbocycles. The number of benzene rings is 2. The first-order chi connectivity index (χ1) is 10.2. The molecule has 5 heteroatoms. The Morgan fingerprint density at radius 1 is 1.24 bits per heavy atom. The molecule has 2 rings (SSSR count). The zero-order chi connectivity index (χ0) is 15.2. The average molecular weight is 303 g/mol. The molecule has 0 aromatic heterocycles. The summed E-state index contributed by atoms with van der Waals surface area (Å²) >= 11 is 6.18. The first-order valence-electron chi connectivity index (χ1n) is 6.39. The van der Waals surface area contributed by atoms with Crippen LogP contribution in [0, 0.1) is 11.3 Å². The molecule has 21 heavy (non-hydrogen) atoms. The van der Waals surface area contributed by atoms with Gasteiger partial charge in [-0.25, -0.2) is 0 Å². The van der Waals surface area contributed by atoms with Crippen LogP contribution in [0.2, 0.25) is 5.02 Å². The molecule has 0 saturated carbocycles. The average Bonchev–Trinajstić information content (AvgIpc) is 2.53. The van der Waals surface area contributed by atoms with Crippen LogP contribution >= 0.6 is 11.6 Å². The van der Waals surface area contributed by atoms with Crippen molar-refractivity contribution < 1.29 is 9.47 Å². The number of nitrogens with two attached hydrogens (primary N) is 1. The molecule has 1 unspecified atom stereocenters. The lowest BCUT2D eigenvalue weighted by atomic mass is 10.1. The minimum Gasteiger partial charge on any atom is -0.493 e. The van der Waals surface area contributed by atoms with E-state index in [-0.39, 0.29) is 12.6 Å². The second-order valence-electron chi connectivity index (χ2n) is 4.34. The molecule has 2 aromatic carbocycles. The molecule has 0 spiro atoms. The zero-order valence-electron chi connectivity index (χ0n) is 11.5. The molecule has 1 atom stereocenters. The fourth-order valence-corrected chi connectivity index (χ4v) is 2.22. The summed E-state index contributed by atoms with van der Waals surface area (Å²) in [4.78, 5) is 0. The van der Waals surface area contributed by atoms with Crippen LogP contribution in [0.25, 0.3) is 0 Å². The Kier molecular flexibility index (Phi) is 5.04. The summed E-state index contributed by atoms with van der Waals surface area (Å²) in [5.74, 6) is 1.01. The molecule has 108 valence electrons. The highest BCUT2D eigenvalue weighted by Crippen LogP contribution is 2.33. The third kappa shape index (κ3) is 3.46. The number of halogens is 1. The highest BCUT2D eigenvalue weighted by molar-refractivity contribution is 6.31. The summed E-state index contributed by atoms with van der Waals surface area (Å²) in [6.45, 7) is 0.271. The van der Waals surface area contributed by atoms with Crippen molar-refractivity contribution >= 4 is 11.6 Å². The summed E-state index contributed by atoms with van der Waals surface area (Å²) in [6, 6.07) is 14.4. The van der Waals surface area contributed by atoms with Crippen LogP contribution in [0.15, 0.2) is 42.5 Å². The second-order valence-corrected chi connectivity index (χ2v) is 4.75. The van der Waals surface area contributed by atoms with Gasteiger partial charge in [-0.2, -0.15) is 5.26 Å². The smallest absolute Gasteiger partial charge is 0.162 e. The largest absolute Gasteiger partial charge is 0.493 e. The van der Waals surface area contributed by atoms with Gasteiger partial charge in [0.05, 0.1) is 18.7 Å². The molecule has 0 fully saturated rings. The van der Waals surface area contributed by atoms with Gasteiger partial charge in [-0.05, 0) is 18.2 Å². The van der Waals surface area contributed by atoms with Crippen molar-refractivity contribution in [2.75, 3.05) is 13.7 Å². The van der Waals surface area contributed by atoms with Crippen LogP contribution in [-0.2, 0) is 0 Å². The Bertz CT molecular complexity index is 668. The van der Waals surface area contributed by atoms with E-state index in [0.717, 1.165) is 5.56 Å². The van der Waals surface area contributed by atoms with E-state index < -0.39 is 0 Å². The molecule has 0 amide bonds. The number of hydrogen-bond acceptors (Lipinski definition) is 4. The van der Waals surface area contributed by atoms with Gasteiger partial charge < -0.3 is 15.2 Å². The summed E-state index contributed by atoms with van der Waals surface area (Å²) in [6.07, 6.45) is -0.388. The Hall–Kier alpha value is -2.22. The molecule has 0 aliphatic heterocycles. The van der Waals surface area contributed by atoms with E-state index in [4.69, 9.17) is 32.1 Å². The van der Waals surface area contributed by atoms with E-state index in [9.17, 15) is 0 Å². The van der Waals surface area contributed by atoms with Crippen molar-refractivity contribution in [3.63, 3.8) is 0 Å². The third-order valence-corrected chi connectivity index (χ3v) is 3.37. The van der Waals surface area contributed by atoms with Crippen LogP contribution in [0.1, 0.15) is 17.2 Å². The van der Waals surface area contributed by atoms with E-state index in [1.807, 2.05) is 18.2 Å². The number of ether oxygens (including phenoxy) is 2. The molecule has 0 saturated heterocycles. The maximum Gasteiger partial charge on any atom is 0.162 e. The Morgan fingerprint density at radius 3 is 2.62 bits per heavy atom. The van der Waals surface area contributed by atoms with Crippen LogP contribution in [0.4, 0.5) is 0 Å². The summed E-state index contributed by atoms with van der Waals surface area (Å²) in [7, 11) is 1.52. The van der Waals surface area contributed by atoms with Gasteiger partial charge in [0, 0.05) is 23.2 Å². The number of rotatable bonds is 5. The minimum atomic E-state index is -0.388. The van der Waals surface area contributed by atoms with Gasteiger partial charge in [-0.1, -0.05) is 29.8 Å². The number of methoxy groups -OCH3 is 1. The van der Waals surface area contributed by atoms with Gasteiger partial charge >= 0.3 is 0 Å². The Morgan fingerprint density at radius 2 is 2.00 bits per heavy atom. The van der Waals surface area contributed by atoms with Gasteiger partial charge in [0.15, 0.2) is 11.5 Å². The van der Waals surface area contributed by atoms with Crippen LogP contribution in [0.5, 0.6) is 11.5 Å². The summed E-state index contributed by atoms with van der Waals surface area (Å²) < 4.78 is 11.2. The van der Waals surface area contributed by atoms with Crippen LogP contribution < -0.4 is 15.2 Å². The van der Waals surface area contributed by atoms with Crippen molar-refractivity contribution in [3.05, 3.63) is 58.6 Å². The molecule has 2 N–H and O–H groups in total. The predicted molar refractivity (Wildman–Crippen MR) is 81.6 cm³/mol. The van der Waals surface area contributed by atoms with Gasteiger partial charge in [0.2, 0.25) is 0 Å². The van der Waals surface area contributed by atoms with Crippen LogP contribution in [-0.4, -0.2) is 13.7 Å². The number of nitriles is 1. The van der Waals surface area contributed by atoms with Crippen molar-refractivity contribution in [1.82, 2.24) is 0 Å². The van der Waals surface area contributed by atoms with Crippen molar-refractivity contribution in [2.45, 2.75) is 6.10 Å². The maximum atomic E-state index is 8.91. The van der Waals surface area contributed by atoms with Crippen molar-refractivity contribution in [1.29, 1.82) is 5.26 Å². The van der Waals surface area contributed by atoms with Crippen LogP contribution in [0.3, 0.4) is 0 Å². The topological polar surface area (TPSA) is 68.3 Å². The lowest BCUT2D eigenvalue weighted by Gasteiger charge is -2.20. The standard InChI is InChI=1S/C16H15ClN2O2/c1-20-15-8-11(9-18)6-7-14(15)21-16(10-19)12-4-2-3-5-13(12)17/h2-8,16H,10,19H2,1H3. The molecule has 0 heterocycles. The molecular formula is C16H15ClN2O2. The Labute approximate surface area is 128 Å². The first kappa shape index (κ1) is 15.2. The quantitative estimate of drug-likeness (QED) is 0.920. The molecule has 0 aliphatic rings. The maximum absolute atomic E-state index is 8.91. The van der Waals surface area contributed by atoms with Crippen molar-refractivity contribution in [3.8, 4) is 17.6 Å². The molecule has 0 bridgehead atoms. The van der Waals surface area contributed by atoms with Gasteiger partial charge in [-0.15, -0.1) is 0 Å². The fraction of sp³-hybridized carbons (Fsp3) is 0.188. The highest BCUT2D eigenvalue weighted by atomic mass is 35.5. The third-order valence-electron chi connectivity index (χ3n) is 3.03. The predicted octanol–water partition coefficient (Wildman–Crippen LogP) is 3.30. The minimum absolute atomic E-state index is 0.271. The van der Waals surface area contributed by atoms with Gasteiger partial charge in [0.25, 0.3) is 0 Å². The molecule has 2 aromatic rings. The highest BCUT2D eigenvalue weighted by Gasteiger charge is 2.17. The van der Waals surface area contributed by atoms with Gasteiger partial charge in [-0.3, -0.25) is 0 Å². The monoisotopic (exact) mass is 302 g/mol. The van der Waals surface area contributed by atoms with E-state index in [1.54, 1.807) is 24.3 Å². The first-order valence-corrected chi connectivity index (χ1v) is 6.76. The molecule has 4 nitrogen and oxygen atoms in total. The summed E-state index contributed by atoms with van der Waals surface area (Å²) in [5.41, 5.74) is 7.11. The SMILES string of the molecule is COc1cc(C#N)ccc1OC(CN)c1ccccc1Cl. The lowest BCUT2D eigenvalue weighted by molar-refractivity contribution is 0.204. The summed E-state index contributed by atoms with van der Waals surface area (Å²) in [5, 5.41) is 9.50. The molecule has 0 radical (unpaired) electrons. The lowest BCUT2D eigenvalue weighted by Crippen LogP contribution is -2.19. The molecular weight excluding hydrogens is 288 g/mol. The Balaban J connectivity index is 2.31.